The number of pyridine rings is 1. The van der Waals surface area contributed by atoms with Crippen molar-refractivity contribution < 1.29 is 22.0 Å². The van der Waals surface area contributed by atoms with E-state index in [0.717, 1.165) is 38.5 Å². The Bertz CT molecular complexity index is 1020. The maximum atomic E-state index is 15.3. The lowest BCUT2D eigenvalue weighted by atomic mass is 9.78. The van der Waals surface area contributed by atoms with Crippen LogP contribution >= 0.6 is 0 Å². The molecule has 0 spiro atoms. The summed E-state index contributed by atoms with van der Waals surface area (Å²) in [6.45, 7) is 6.24. The van der Waals surface area contributed by atoms with Crippen LogP contribution in [0.5, 0.6) is 0 Å². The number of alkyl halides is 2. The fourth-order valence-electron chi connectivity index (χ4n) is 5.61. The molecule has 1 nitrogen and oxygen atoms in total. The summed E-state index contributed by atoms with van der Waals surface area (Å²) in [6, 6.07) is 4.21. The van der Waals surface area contributed by atoms with E-state index in [1.807, 2.05) is 6.92 Å². The van der Waals surface area contributed by atoms with Crippen LogP contribution in [0.4, 0.5) is 22.0 Å². The number of rotatable bonds is 14. The molecule has 2 unspecified atom stereocenters. The smallest absolute Gasteiger partial charge is 0.219 e. The van der Waals surface area contributed by atoms with E-state index in [1.54, 1.807) is 0 Å². The molecule has 0 fully saturated rings. The molecule has 0 amide bonds. The van der Waals surface area contributed by atoms with Crippen molar-refractivity contribution in [1.29, 1.82) is 0 Å². The van der Waals surface area contributed by atoms with Gasteiger partial charge in [-0.05, 0) is 54.9 Å². The van der Waals surface area contributed by atoms with Crippen LogP contribution in [0.3, 0.4) is 0 Å². The molecular weight excluding hydrogens is 481 g/mol. The van der Waals surface area contributed by atoms with Crippen LogP contribution in [0, 0.1) is 29.4 Å². The molecule has 0 radical (unpaired) electrons. The molecule has 1 aliphatic carbocycles. The van der Waals surface area contributed by atoms with E-state index in [2.05, 4.69) is 18.8 Å². The van der Waals surface area contributed by atoms with Crippen LogP contribution in [0.1, 0.15) is 115 Å². The molecule has 0 N–H and O–H groups in total. The van der Waals surface area contributed by atoms with Crippen molar-refractivity contribution >= 4 is 0 Å². The molecule has 1 heterocycles. The summed E-state index contributed by atoms with van der Waals surface area (Å²) in [4.78, 5) is 3.70. The van der Waals surface area contributed by atoms with E-state index >= 15 is 17.6 Å². The van der Waals surface area contributed by atoms with E-state index in [4.69, 9.17) is 0 Å². The number of aryl methyl sites for hydroxylation is 1. The lowest BCUT2D eigenvalue weighted by Crippen LogP contribution is -2.33. The zero-order chi connectivity index (χ0) is 27.0. The maximum absolute atomic E-state index is 15.3. The molecular formula is C31H42F5N. The van der Waals surface area contributed by atoms with Crippen LogP contribution in [0.2, 0.25) is 0 Å². The molecule has 2 atom stereocenters. The largest absolute Gasteiger partial charge is 0.280 e. The van der Waals surface area contributed by atoms with Gasteiger partial charge in [0.15, 0.2) is 11.6 Å². The van der Waals surface area contributed by atoms with Gasteiger partial charge in [0.25, 0.3) is 5.92 Å². The number of hydrogen-bond acceptors (Lipinski definition) is 1. The van der Waals surface area contributed by atoms with Crippen LogP contribution in [-0.2, 0) is 18.8 Å². The zero-order valence-corrected chi connectivity index (χ0v) is 22.6. The topological polar surface area (TPSA) is 12.9 Å². The maximum Gasteiger partial charge on any atom is 0.280 e. The van der Waals surface area contributed by atoms with Gasteiger partial charge in [0, 0.05) is 11.5 Å². The molecule has 37 heavy (non-hydrogen) atoms. The van der Waals surface area contributed by atoms with Crippen molar-refractivity contribution in [2.75, 3.05) is 0 Å². The second-order valence-corrected chi connectivity index (χ2v) is 11.0. The lowest BCUT2D eigenvalue weighted by Gasteiger charge is -2.33. The van der Waals surface area contributed by atoms with Crippen LogP contribution < -0.4 is 0 Å². The summed E-state index contributed by atoms with van der Waals surface area (Å²) >= 11 is 0. The van der Waals surface area contributed by atoms with Gasteiger partial charge >= 0.3 is 0 Å². The van der Waals surface area contributed by atoms with Gasteiger partial charge in [0.2, 0.25) is 5.95 Å². The molecule has 1 aliphatic rings. The number of aromatic nitrogens is 1. The third-order valence-electron chi connectivity index (χ3n) is 7.88. The number of unbranched alkanes of at least 4 members (excludes halogenated alkanes) is 7. The third-order valence-corrected chi connectivity index (χ3v) is 7.88. The predicted octanol–water partition coefficient (Wildman–Crippen LogP) is 10.3. The minimum absolute atomic E-state index is 0.139. The molecule has 0 bridgehead atoms. The predicted molar refractivity (Wildman–Crippen MR) is 140 cm³/mol. The van der Waals surface area contributed by atoms with Gasteiger partial charge in [-0.2, -0.15) is 4.39 Å². The van der Waals surface area contributed by atoms with Crippen molar-refractivity contribution in [2.24, 2.45) is 11.8 Å². The summed E-state index contributed by atoms with van der Waals surface area (Å²) in [5.41, 5.74) is -0.599. The Labute approximate surface area is 219 Å². The zero-order valence-electron chi connectivity index (χ0n) is 22.6. The molecule has 6 heteroatoms. The highest BCUT2D eigenvalue weighted by atomic mass is 19.3. The van der Waals surface area contributed by atoms with Crippen LogP contribution in [0.15, 0.2) is 18.2 Å². The van der Waals surface area contributed by atoms with Crippen molar-refractivity contribution in [2.45, 2.75) is 117 Å². The van der Waals surface area contributed by atoms with E-state index in [-0.39, 0.29) is 41.1 Å². The van der Waals surface area contributed by atoms with Gasteiger partial charge in [-0.15, -0.1) is 0 Å². The lowest BCUT2D eigenvalue weighted by molar-refractivity contribution is -0.0824. The minimum atomic E-state index is -3.33. The number of fused-ring (bicyclic) bond motifs is 1. The molecule has 0 aliphatic heterocycles. The van der Waals surface area contributed by atoms with Gasteiger partial charge < -0.3 is 0 Å². The van der Waals surface area contributed by atoms with Gasteiger partial charge in [-0.25, -0.2) is 22.5 Å². The number of hydrogen-bond donors (Lipinski definition) is 0. The second kappa shape index (κ2) is 13.7. The first-order chi connectivity index (χ1) is 17.7. The first-order valence-electron chi connectivity index (χ1n) is 14.3. The molecule has 2 aromatic rings. The normalized spacial score (nSPS) is 17.6. The highest BCUT2D eigenvalue weighted by molar-refractivity contribution is 5.62. The molecule has 0 saturated heterocycles. The fraction of sp³-hybridized carbons (Fsp3) is 0.645. The van der Waals surface area contributed by atoms with Gasteiger partial charge in [-0.1, -0.05) is 91.0 Å². The van der Waals surface area contributed by atoms with Crippen molar-refractivity contribution in [3.63, 3.8) is 0 Å². The Hall–Kier alpha value is -1.98. The van der Waals surface area contributed by atoms with Gasteiger partial charge in [-0.3, -0.25) is 0 Å². The summed E-state index contributed by atoms with van der Waals surface area (Å²) in [5, 5.41) is 0. The van der Waals surface area contributed by atoms with E-state index < -0.39 is 35.0 Å². The van der Waals surface area contributed by atoms with E-state index in [0.29, 0.717) is 19.3 Å². The van der Waals surface area contributed by atoms with Crippen LogP contribution in [-0.4, -0.2) is 4.98 Å². The molecule has 0 saturated carbocycles. The standard InChI is InChI=1S/C31H42F5N/c1-4-6-8-9-10-11-12-14-24-17-15-22-20-26(37-30(34)27(22)31(24,35)36)25-18-16-23(28(32)29(25)33)19-21(3)13-7-5-2/h16,18,20-21,24H,4-15,17,19H2,1-3H3. The van der Waals surface area contributed by atoms with E-state index in [1.165, 1.54) is 37.5 Å². The SMILES string of the molecule is CCCCCCCCCC1CCc2cc(-c3ccc(CC(C)CCCC)c(F)c3F)nc(F)c2C1(F)F. The second-order valence-electron chi connectivity index (χ2n) is 11.0. The third kappa shape index (κ3) is 7.32. The van der Waals surface area contributed by atoms with Gasteiger partial charge in [0.05, 0.1) is 11.3 Å². The molecule has 206 valence electrons. The Balaban J connectivity index is 1.74. The van der Waals surface area contributed by atoms with Crippen molar-refractivity contribution in [1.82, 2.24) is 4.98 Å². The average molecular weight is 524 g/mol. The number of halogens is 5. The molecule has 1 aromatic carbocycles. The number of benzene rings is 1. The quantitative estimate of drug-likeness (QED) is 0.136. The van der Waals surface area contributed by atoms with Crippen molar-refractivity contribution in [3.05, 3.63) is 52.5 Å². The fourth-order valence-corrected chi connectivity index (χ4v) is 5.61. The Morgan fingerprint density at radius 3 is 2.30 bits per heavy atom. The highest BCUT2D eigenvalue weighted by Gasteiger charge is 2.47. The van der Waals surface area contributed by atoms with Crippen molar-refractivity contribution in [3.8, 4) is 11.3 Å². The number of nitrogens with zero attached hydrogens (tertiary/aromatic N) is 1. The Morgan fingerprint density at radius 1 is 0.919 bits per heavy atom. The summed E-state index contributed by atoms with van der Waals surface area (Å²) in [7, 11) is 0. The average Bonchev–Trinajstić information content (AvgIpc) is 2.85. The Kier molecular flexibility index (Phi) is 11.0. The summed E-state index contributed by atoms with van der Waals surface area (Å²) in [6.07, 6.45) is 11.5. The molecule has 1 aromatic heterocycles. The molecule has 3 rings (SSSR count). The monoisotopic (exact) mass is 523 g/mol. The van der Waals surface area contributed by atoms with E-state index in [9.17, 15) is 4.39 Å². The summed E-state index contributed by atoms with van der Waals surface area (Å²) < 4.78 is 75.6. The highest BCUT2D eigenvalue weighted by Crippen LogP contribution is 2.48. The summed E-state index contributed by atoms with van der Waals surface area (Å²) in [5.74, 6) is -7.41. The Morgan fingerprint density at radius 2 is 1.59 bits per heavy atom. The first kappa shape index (κ1) is 29.6. The first-order valence-corrected chi connectivity index (χ1v) is 14.3. The minimum Gasteiger partial charge on any atom is -0.219 e. The van der Waals surface area contributed by atoms with Crippen LogP contribution in [0.25, 0.3) is 11.3 Å². The van der Waals surface area contributed by atoms with Gasteiger partial charge in [0.1, 0.15) is 0 Å².